The molecule has 2 unspecified atom stereocenters. The van der Waals surface area contributed by atoms with E-state index < -0.39 is 6.29 Å². The second-order valence-electron chi connectivity index (χ2n) is 8.08. The summed E-state index contributed by atoms with van der Waals surface area (Å²) in [7, 11) is 1.58. The van der Waals surface area contributed by atoms with Crippen LogP contribution in [0.4, 0.5) is 0 Å². The standard InChI is InChI=1S/C19H32O5/c1-4-5-17(23-12-22-13(2)21-3)24-18(20)19-9-14-6-15(10-19)8-16(7-14)11-19/h13-17H,4-12H2,1-3H3. The summed E-state index contributed by atoms with van der Waals surface area (Å²) >= 11 is 0. The lowest BCUT2D eigenvalue weighted by molar-refractivity contribution is -0.243. The summed E-state index contributed by atoms with van der Waals surface area (Å²) in [6.07, 6.45) is 7.79. The number of hydrogen-bond donors (Lipinski definition) is 0. The van der Waals surface area contributed by atoms with Crippen LogP contribution in [0.1, 0.15) is 65.2 Å². The molecule has 0 saturated heterocycles. The van der Waals surface area contributed by atoms with E-state index in [1.807, 2.05) is 0 Å². The van der Waals surface area contributed by atoms with Gasteiger partial charge in [0.2, 0.25) is 6.29 Å². The van der Waals surface area contributed by atoms with E-state index >= 15 is 0 Å². The topological polar surface area (TPSA) is 54.0 Å². The van der Waals surface area contributed by atoms with E-state index in [4.69, 9.17) is 18.9 Å². The Morgan fingerprint density at radius 3 is 2.17 bits per heavy atom. The first-order valence-corrected chi connectivity index (χ1v) is 9.51. The lowest BCUT2D eigenvalue weighted by Gasteiger charge is -2.55. The Balaban J connectivity index is 1.55. The lowest BCUT2D eigenvalue weighted by Crippen LogP contribution is -2.51. The van der Waals surface area contributed by atoms with Crippen molar-refractivity contribution in [3.8, 4) is 0 Å². The minimum absolute atomic E-state index is 0.0279. The molecule has 0 radical (unpaired) electrons. The van der Waals surface area contributed by atoms with Crippen molar-refractivity contribution < 1.29 is 23.7 Å². The van der Waals surface area contributed by atoms with Gasteiger partial charge in [-0.25, -0.2) is 0 Å². The van der Waals surface area contributed by atoms with Crippen LogP contribution >= 0.6 is 0 Å². The van der Waals surface area contributed by atoms with Gasteiger partial charge in [-0.3, -0.25) is 4.79 Å². The van der Waals surface area contributed by atoms with Crippen LogP contribution in [-0.4, -0.2) is 32.5 Å². The van der Waals surface area contributed by atoms with Crippen molar-refractivity contribution >= 4 is 5.97 Å². The molecule has 4 bridgehead atoms. The largest absolute Gasteiger partial charge is 0.435 e. The van der Waals surface area contributed by atoms with Crippen LogP contribution in [0.15, 0.2) is 0 Å². The molecule has 0 N–H and O–H groups in total. The molecule has 2 atom stereocenters. The van der Waals surface area contributed by atoms with Crippen molar-refractivity contribution in [2.45, 2.75) is 77.8 Å². The fourth-order valence-electron chi connectivity index (χ4n) is 5.30. The zero-order chi connectivity index (χ0) is 17.2. The number of carbonyl (C=O) groups is 1. The molecule has 0 aromatic heterocycles. The number of esters is 1. The zero-order valence-corrected chi connectivity index (χ0v) is 15.3. The number of methoxy groups -OCH3 is 1. The van der Waals surface area contributed by atoms with Gasteiger partial charge in [0.25, 0.3) is 0 Å². The maximum atomic E-state index is 13.0. The third-order valence-corrected chi connectivity index (χ3v) is 6.12. The van der Waals surface area contributed by atoms with Crippen molar-refractivity contribution in [3.05, 3.63) is 0 Å². The summed E-state index contributed by atoms with van der Waals surface area (Å²) in [5.74, 6) is 2.18. The Labute approximate surface area is 145 Å². The van der Waals surface area contributed by atoms with Gasteiger partial charge in [-0.05, 0) is 63.2 Å². The molecule has 4 rings (SSSR count). The van der Waals surface area contributed by atoms with Crippen molar-refractivity contribution in [1.29, 1.82) is 0 Å². The molecule has 138 valence electrons. The van der Waals surface area contributed by atoms with Gasteiger partial charge < -0.3 is 18.9 Å². The highest BCUT2D eigenvalue weighted by atomic mass is 16.8. The first-order chi connectivity index (χ1) is 11.5. The van der Waals surface area contributed by atoms with Crippen LogP contribution in [0.5, 0.6) is 0 Å². The first kappa shape index (κ1) is 18.2. The molecule has 5 nitrogen and oxygen atoms in total. The molecule has 4 fully saturated rings. The molecular formula is C19H32O5. The van der Waals surface area contributed by atoms with Crippen LogP contribution in [0.2, 0.25) is 0 Å². The molecule has 24 heavy (non-hydrogen) atoms. The fourth-order valence-corrected chi connectivity index (χ4v) is 5.30. The van der Waals surface area contributed by atoms with Crippen LogP contribution in [0.25, 0.3) is 0 Å². The molecule has 4 aliphatic rings. The Kier molecular flexibility index (Phi) is 5.83. The van der Waals surface area contributed by atoms with Gasteiger partial charge in [0.15, 0.2) is 13.1 Å². The van der Waals surface area contributed by atoms with Gasteiger partial charge in [0, 0.05) is 13.5 Å². The summed E-state index contributed by atoms with van der Waals surface area (Å²) in [6.45, 7) is 3.95. The second kappa shape index (κ2) is 7.71. The molecule has 0 heterocycles. The Bertz CT molecular complexity index is 400. The van der Waals surface area contributed by atoms with Crippen LogP contribution < -0.4 is 0 Å². The van der Waals surface area contributed by atoms with E-state index in [1.165, 1.54) is 19.3 Å². The van der Waals surface area contributed by atoms with E-state index in [0.29, 0.717) is 6.42 Å². The van der Waals surface area contributed by atoms with Gasteiger partial charge in [-0.15, -0.1) is 0 Å². The molecule has 0 amide bonds. The van der Waals surface area contributed by atoms with Gasteiger partial charge >= 0.3 is 5.97 Å². The molecule has 0 spiro atoms. The molecule has 5 heteroatoms. The van der Waals surface area contributed by atoms with Gasteiger partial charge in [0.05, 0.1) is 5.41 Å². The average molecular weight is 340 g/mol. The second-order valence-corrected chi connectivity index (χ2v) is 8.08. The van der Waals surface area contributed by atoms with E-state index in [9.17, 15) is 4.79 Å². The minimum Gasteiger partial charge on any atom is -0.435 e. The van der Waals surface area contributed by atoms with Crippen molar-refractivity contribution in [2.75, 3.05) is 13.9 Å². The highest BCUT2D eigenvalue weighted by Crippen LogP contribution is 2.60. The maximum absolute atomic E-state index is 13.0. The van der Waals surface area contributed by atoms with Gasteiger partial charge in [-0.1, -0.05) is 13.3 Å². The van der Waals surface area contributed by atoms with E-state index in [1.54, 1.807) is 14.0 Å². The van der Waals surface area contributed by atoms with E-state index in [0.717, 1.165) is 43.4 Å². The number of carbonyl (C=O) groups excluding carboxylic acids is 1. The van der Waals surface area contributed by atoms with Crippen LogP contribution in [0.3, 0.4) is 0 Å². The highest BCUT2D eigenvalue weighted by molar-refractivity contribution is 5.77. The van der Waals surface area contributed by atoms with Crippen molar-refractivity contribution in [3.63, 3.8) is 0 Å². The molecule has 0 aromatic carbocycles. The van der Waals surface area contributed by atoms with Crippen molar-refractivity contribution in [1.82, 2.24) is 0 Å². The number of hydrogen-bond acceptors (Lipinski definition) is 5. The first-order valence-electron chi connectivity index (χ1n) is 9.51. The van der Waals surface area contributed by atoms with E-state index in [2.05, 4.69) is 6.92 Å². The number of rotatable bonds is 9. The lowest BCUT2D eigenvalue weighted by atomic mass is 9.49. The average Bonchev–Trinajstić information content (AvgIpc) is 2.53. The minimum atomic E-state index is -0.514. The molecule has 0 aromatic rings. The van der Waals surface area contributed by atoms with Gasteiger partial charge in [-0.2, -0.15) is 0 Å². The maximum Gasteiger partial charge on any atom is 0.314 e. The van der Waals surface area contributed by atoms with Gasteiger partial charge in [0.1, 0.15) is 0 Å². The summed E-state index contributed by atoms with van der Waals surface area (Å²) in [6, 6.07) is 0. The van der Waals surface area contributed by atoms with E-state index in [-0.39, 0.29) is 24.5 Å². The summed E-state index contributed by atoms with van der Waals surface area (Å²) < 4.78 is 21.8. The van der Waals surface area contributed by atoms with Crippen LogP contribution in [0, 0.1) is 23.2 Å². The van der Waals surface area contributed by atoms with Crippen molar-refractivity contribution in [2.24, 2.45) is 23.2 Å². The molecule has 0 aliphatic heterocycles. The zero-order valence-electron chi connectivity index (χ0n) is 15.3. The molecule has 4 aliphatic carbocycles. The third kappa shape index (κ3) is 3.94. The third-order valence-electron chi connectivity index (χ3n) is 6.12. The highest BCUT2D eigenvalue weighted by Gasteiger charge is 2.55. The summed E-state index contributed by atoms with van der Waals surface area (Å²) in [5.41, 5.74) is -0.231. The molecular weight excluding hydrogens is 308 g/mol. The quantitative estimate of drug-likeness (QED) is 0.471. The normalized spacial score (nSPS) is 36.5. The number of ether oxygens (including phenoxy) is 4. The Hall–Kier alpha value is -0.650. The monoisotopic (exact) mass is 340 g/mol. The molecule has 4 saturated carbocycles. The fraction of sp³-hybridized carbons (Fsp3) is 0.947. The Morgan fingerprint density at radius 2 is 1.67 bits per heavy atom. The summed E-state index contributed by atoms with van der Waals surface area (Å²) in [4.78, 5) is 13.0. The summed E-state index contributed by atoms with van der Waals surface area (Å²) in [5, 5.41) is 0. The predicted octanol–water partition coefficient (Wildman–Crippen LogP) is 3.86. The van der Waals surface area contributed by atoms with Crippen LogP contribution in [-0.2, 0) is 23.7 Å². The SMILES string of the molecule is CCCC(OCOC(C)OC)OC(=O)C12CC3CC(CC(C3)C1)C2. The predicted molar refractivity (Wildman–Crippen MR) is 88.9 cm³/mol. The Morgan fingerprint density at radius 1 is 1.08 bits per heavy atom. The smallest absolute Gasteiger partial charge is 0.314 e.